The number of imidazole rings is 1. The molecule has 3 aromatic heterocycles. The molecule has 0 bridgehead atoms. The Kier molecular flexibility index (Phi) is 5.76. The Morgan fingerprint density at radius 1 is 1.17 bits per heavy atom. The molecule has 0 aliphatic carbocycles. The minimum atomic E-state index is -0.849. The van der Waals surface area contributed by atoms with Crippen molar-refractivity contribution in [2.45, 2.75) is 13.0 Å². The number of aliphatic hydroxyl groups excluding tert-OH is 1. The van der Waals surface area contributed by atoms with E-state index in [1.165, 1.54) is 0 Å². The van der Waals surface area contributed by atoms with Crippen LogP contribution in [0, 0.1) is 6.92 Å². The fraction of sp³-hybridized carbons (Fsp3) is 0.190. The lowest BCUT2D eigenvalue weighted by Gasteiger charge is -2.16. The summed E-state index contributed by atoms with van der Waals surface area (Å²) < 4.78 is 2.01. The summed E-state index contributed by atoms with van der Waals surface area (Å²) in [6.07, 6.45) is 2.97. The molecule has 3 heterocycles. The number of nitrogens with zero attached hydrogens (tertiary/aromatic N) is 4. The lowest BCUT2D eigenvalue weighted by atomic mass is 10.1. The summed E-state index contributed by atoms with van der Waals surface area (Å²) in [6.45, 7) is 2.16. The maximum Gasteiger partial charge on any atom is 0.224 e. The number of aliphatic hydroxyl groups is 1. The van der Waals surface area contributed by atoms with Crippen molar-refractivity contribution < 1.29 is 5.11 Å². The predicted octanol–water partition coefficient (Wildman–Crippen LogP) is 4.59. The molecule has 0 saturated carbocycles. The number of aromatic nitrogens is 4. The fourth-order valence-electron chi connectivity index (χ4n) is 3.16. The summed E-state index contributed by atoms with van der Waals surface area (Å²) in [5.74, 6) is 1.94. The van der Waals surface area contributed by atoms with E-state index in [2.05, 4.69) is 25.6 Å². The molecule has 0 fully saturated rings. The number of fused-ring (bicyclic) bond motifs is 1. The topological polar surface area (TPSA) is 87.4 Å². The molecule has 0 radical (unpaired) electrons. The SMILES string of the molecule is CNc1nc(NC[C@H](O)c2cccc(Cl)c2Cl)cc(-c2ccc3cnc(C)n3c2)n1. The molecule has 1 aromatic carbocycles. The lowest BCUT2D eigenvalue weighted by molar-refractivity contribution is 0.191. The van der Waals surface area contributed by atoms with Gasteiger partial charge in [-0.05, 0) is 25.1 Å². The molecule has 0 unspecified atom stereocenters. The Labute approximate surface area is 183 Å². The highest BCUT2D eigenvalue weighted by molar-refractivity contribution is 6.42. The van der Waals surface area contributed by atoms with Crippen LogP contribution < -0.4 is 10.6 Å². The van der Waals surface area contributed by atoms with E-state index in [9.17, 15) is 5.11 Å². The number of benzene rings is 1. The first-order valence-electron chi connectivity index (χ1n) is 9.33. The highest BCUT2D eigenvalue weighted by Crippen LogP contribution is 2.30. The second-order valence-electron chi connectivity index (χ2n) is 6.77. The zero-order valence-electron chi connectivity index (χ0n) is 16.4. The number of hydrogen-bond acceptors (Lipinski definition) is 6. The van der Waals surface area contributed by atoms with Crippen molar-refractivity contribution in [2.24, 2.45) is 0 Å². The van der Waals surface area contributed by atoms with Crippen molar-refractivity contribution in [1.82, 2.24) is 19.4 Å². The molecule has 0 aliphatic heterocycles. The van der Waals surface area contributed by atoms with E-state index in [-0.39, 0.29) is 6.54 Å². The molecule has 30 heavy (non-hydrogen) atoms. The molecule has 3 N–H and O–H groups in total. The second-order valence-corrected chi connectivity index (χ2v) is 7.55. The highest BCUT2D eigenvalue weighted by atomic mass is 35.5. The van der Waals surface area contributed by atoms with Crippen LogP contribution >= 0.6 is 23.2 Å². The molecular weight excluding hydrogens is 423 g/mol. The van der Waals surface area contributed by atoms with Gasteiger partial charge in [0, 0.05) is 37.0 Å². The molecular formula is C21H20Cl2N6O. The van der Waals surface area contributed by atoms with Crippen molar-refractivity contribution in [1.29, 1.82) is 0 Å². The summed E-state index contributed by atoms with van der Waals surface area (Å²) in [5.41, 5.74) is 3.23. The van der Waals surface area contributed by atoms with Crippen molar-refractivity contribution in [3.8, 4) is 11.3 Å². The van der Waals surface area contributed by atoms with E-state index >= 15 is 0 Å². The van der Waals surface area contributed by atoms with E-state index in [1.807, 2.05) is 41.9 Å². The van der Waals surface area contributed by atoms with Gasteiger partial charge in [-0.15, -0.1) is 0 Å². The number of aryl methyl sites for hydroxylation is 1. The minimum absolute atomic E-state index is 0.208. The molecule has 9 heteroatoms. The van der Waals surface area contributed by atoms with Crippen LogP contribution in [0.15, 0.2) is 48.8 Å². The molecule has 154 valence electrons. The third-order valence-corrected chi connectivity index (χ3v) is 5.61. The van der Waals surface area contributed by atoms with Crippen LogP contribution in [0.4, 0.5) is 11.8 Å². The van der Waals surface area contributed by atoms with Gasteiger partial charge in [0.15, 0.2) is 0 Å². The molecule has 0 amide bonds. The summed E-state index contributed by atoms with van der Waals surface area (Å²) in [7, 11) is 1.76. The van der Waals surface area contributed by atoms with E-state index in [0.717, 1.165) is 22.6 Å². The van der Waals surface area contributed by atoms with Gasteiger partial charge in [-0.3, -0.25) is 0 Å². The van der Waals surface area contributed by atoms with Crippen molar-refractivity contribution in [3.63, 3.8) is 0 Å². The standard InChI is InChI=1S/C21H20Cl2N6O/c1-12-25-9-14-7-6-13(11-29(12)14)17-8-19(28-21(24-2)27-17)26-10-18(30)15-4-3-5-16(22)20(15)23/h3-9,11,18,30H,10H2,1-2H3,(H2,24,26,27,28)/t18-/m0/s1. The van der Waals surface area contributed by atoms with Gasteiger partial charge < -0.3 is 20.1 Å². The summed E-state index contributed by atoms with van der Waals surface area (Å²) >= 11 is 12.3. The van der Waals surface area contributed by atoms with Gasteiger partial charge in [-0.2, -0.15) is 4.98 Å². The predicted molar refractivity (Wildman–Crippen MR) is 120 cm³/mol. The summed E-state index contributed by atoms with van der Waals surface area (Å²) in [6, 6.07) is 11.0. The Morgan fingerprint density at radius 3 is 2.80 bits per heavy atom. The van der Waals surface area contributed by atoms with Gasteiger partial charge in [0.25, 0.3) is 0 Å². The molecule has 0 aliphatic rings. The first-order valence-corrected chi connectivity index (χ1v) is 10.1. The van der Waals surface area contributed by atoms with Gasteiger partial charge in [0.2, 0.25) is 5.95 Å². The zero-order valence-corrected chi connectivity index (χ0v) is 17.9. The van der Waals surface area contributed by atoms with Crippen LogP contribution in [-0.2, 0) is 0 Å². The first-order chi connectivity index (χ1) is 14.5. The minimum Gasteiger partial charge on any atom is -0.387 e. The third-order valence-electron chi connectivity index (χ3n) is 4.77. The summed E-state index contributed by atoms with van der Waals surface area (Å²) in [4.78, 5) is 13.3. The second kappa shape index (κ2) is 8.47. The van der Waals surface area contributed by atoms with E-state index in [0.29, 0.717) is 27.4 Å². The maximum atomic E-state index is 10.6. The number of halogens is 2. The van der Waals surface area contributed by atoms with Crippen LogP contribution in [0.25, 0.3) is 16.8 Å². The van der Waals surface area contributed by atoms with Gasteiger partial charge in [0.1, 0.15) is 11.6 Å². The van der Waals surface area contributed by atoms with E-state index in [1.54, 1.807) is 25.2 Å². The van der Waals surface area contributed by atoms with Crippen molar-refractivity contribution in [3.05, 3.63) is 70.2 Å². The Hall–Kier alpha value is -2.87. The molecule has 1 atom stereocenters. The monoisotopic (exact) mass is 442 g/mol. The van der Waals surface area contributed by atoms with Crippen LogP contribution in [0.1, 0.15) is 17.5 Å². The van der Waals surface area contributed by atoms with E-state index in [4.69, 9.17) is 23.2 Å². The number of pyridine rings is 1. The first kappa shape index (κ1) is 20.4. The molecule has 7 nitrogen and oxygen atoms in total. The van der Waals surface area contributed by atoms with Gasteiger partial charge in [0.05, 0.1) is 33.6 Å². The molecule has 4 rings (SSSR count). The zero-order chi connectivity index (χ0) is 21.3. The van der Waals surface area contributed by atoms with Gasteiger partial charge in [-0.25, -0.2) is 9.97 Å². The normalized spacial score (nSPS) is 12.2. The van der Waals surface area contributed by atoms with Gasteiger partial charge in [-0.1, -0.05) is 35.3 Å². The van der Waals surface area contributed by atoms with Crippen molar-refractivity contribution in [2.75, 3.05) is 24.2 Å². The highest BCUT2D eigenvalue weighted by Gasteiger charge is 2.15. The third kappa shape index (κ3) is 4.05. The van der Waals surface area contributed by atoms with Crippen molar-refractivity contribution >= 4 is 40.5 Å². The Bertz CT molecular complexity index is 1210. The quantitative estimate of drug-likeness (QED) is 0.404. The van der Waals surface area contributed by atoms with Crippen LogP contribution in [0.2, 0.25) is 10.0 Å². The van der Waals surface area contributed by atoms with E-state index < -0.39 is 6.10 Å². The van der Waals surface area contributed by atoms with Gasteiger partial charge >= 0.3 is 0 Å². The number of anilines is 2. The average Bonchev–Trinajstić information content (AvgIpc) is 3.14. The molecule has 0 spiro atoms. The maximum absolute atomic E-state index is 10.6. The fourth-order valence-corrected chi connectivity index (χ4v) is 3.59. The van der Waals surface area contributed by atoms with Crippen LogP contribution in [0.5, 0.6) is 0 Å². The Morgan fingerprint density at radius 2 is 2.00 bits per heavy atom. The largest absolute Gasteiger partial charge is 0.387 e. The smallest absolute Gasteiger partial charge is 0.224 e. The molecule has 4 aromatic rings. The average molecular weight is 443 g/mol. The number of hydrogen-bond donors (Lipinski definition) is 3. The van der Waals surface area contributed by atoms with Crippen LogP contribution in [0.3, 0.4) is 0 Å². The Balaban J connectivity index is 1.60. The molecule has 0 saturated heterocycles. The summed E-state index contributed by atoms with van der Waals surface area (Å²) in [5, 5.41) is 17.4. The number of nitrogens with one attached hydrogen (secondary N) is 2. The lowest BCUT2D eigenvalue weighted by Crippen LogP contribution is -2.14. The number of rotatable bonds is 6. The van der Waals surface area contributed by atoms with Crippen LogP contribution in [-0.4, -0.2) is 38.1 Å².